The third-order valence-corrected chi connectivity index (χ3v) is 5.73. The van der Waals surface area contributed by atoms with Crippen LogP contribution in [0.3, 0.4) is 0 Å². The van der Waals surface area contributed by atoms with Crippen molar-refractivity contribution in [3.05, 3.63) is 59.7 Å². The molecule has 0 unspecified atom stereocenters. The summed E-state index contributed by atoms with van der Waals surface area (Å²) in [4.78, 5) is 21.2. The van der Waals surface area contributed by atoms with Gasteiger partial charge >= 0.3 is 0 Å². The summed E-state index contributed by atoms with van der Waals surface area (Å²) in [7, 11) is 3.44. The second-order valence-electron chi connectivity index (χ2n) is 7.94. The lowest BCUT2D eigenvalue weighted by atomic mass is 10.1. The SMILES string of the molecule is CN=C(NCCC(=O)N1CCN(c2ccccc2)CC1)NCCc1cc(C)ccc1OC.I. The Balaban J connectivity index is 0.00000385. The number of halogens is 1. The molecule has 0 atom stereocenters. The molecule has 0 aromatic heterocycles. The summed E-state index contributed by atoms with van der Waals surface area (Å²) in [6.07, 6.45) is 1.29. The number of para-hydroxylation sites is 1. The minimum Gasteiger partial charge on any atom is -0.496 e. The number of piperazine rings is 1. The van der Waals surface area contributed by atoms with Gasteiger partial charge < -0.3 is 25.2 Å². The smallest absolute Gasteiger partial charge is 0.224 e. The van der Waals surface area contributed by atoms with Crippen LogP contribution in [0.25, 0.3) is 0 Å². The maximum atomic E-state index is 12.6. The zero-order valence-electron chi connectivity index (χ0n) is 19.8. The van der Waals surface area contributed by atoms with E-state index >= 15 is 0 Å². The number of methoxy groups -OCH3 is 1. The van der Waals surface area contributed by atoms with Crippen molar-refractivity contribution in [2.75, 3.05) is 58.3 Å². The number of aryl methyl sites for hydroxylation is 1. The predicted octanol–water partition coefficient (Wildman–Crippen LogP) is 3.07. The van der Waals surface area contributed by atoms with Crippen LogP contribution in [0.1, 0.15) is 17.5 Å². The Kier molecular flexibility index (Phi) is 11.3. The van der Waals surface area contributed by atoms with Gasteiger partial charge in [-0.1, -0.05) is 35.9 Å². The fraction of sp³-hybridized carbons (Fsp3) is 0.440. The van der Waals surface area contributed by atoms with Crippen LogP contribution in [0.4, 0.5) is 5.69 Å². The standard InChI is InChI=1S/C25H35N5O2.HI/c1-20-9-10-23(32-3)21(19-20)11-13-27-25(26-2)28-14-12-24(31)30-17-15-29(16-18-30)22-7-5-4-6-8-22;/h4-10,19H,11-18H2,1-3H3,(H2,26,27,28);1H. The summed E-state index contributed by atoms with van der Waals surface area (Å²) in [5.74, 6) is 1.79. The number of amides is 1. The highest BCUT2D eigenvalue weighted by molar-refractivity contribution is 14.0. The molecule has 1 saturated heterocycles. The molecule has 0 radical (unpaired) electrons. The molecule has 180 valence electrons. The van der Waals surface area contributed by atoms with Gasteiger partial charge in [0.1, 0.15) is 5.75 Å². The molecule has 0 spiro atoms. The van der Waals surface area contributed by atoms with Gasteiger partial charge in [-0.3, -0.25) is 9.79 Å². The maximum absolute atomic E-state index is 12.6. The molecule has 33 heavy (non-hydrogen) atoms. The second kappa shape index (κ2) is 13.9. The van der Waals surface area contributed by atoms with Gasteiger partial charge in [-0.2, -0.15) is 0 Å². The average molecular weight is 566 g/mol. The fourth-order valence-electron chi connectivity index (χ4n) is 3.94. The number of hydrogen-bond donors (Lipinski definition) is 2. The van der Waals surface area contributed by atoms with Crippen LogP contribution in [0.2, 0.25) is 0 Å². The van der Waals surface area contributed by atoms with Crippen LogP contribution in [0.5, 0.6) is 5.75 Å². The second-order valence-corrected chi connectivity index (χ2v) is 7.94. The van der Waals surface area contributed by atoms with E-state index in [-0.39, 0.29) is 29.9 Å². The Bertz CT molecular complexity index is 899. The van der Waals surface area contributed by atoms with Crippen molar-refractivity contribution in [3.63, 3.8) is 0 Å². The van der Waals surface area contributed by atoms with Crippen LogP contribution < -0.4 is 20.3 Å². The van der Waals surface area contributed by atoms with E-state index in [9.17, 15) is 4.79 Å². The highest BCUT2D eigenvalue weighted by atomic mass is 127. The van der Waals surface area contributed by atoms with E-state index in [0.29, 0.717) is 18.9 Å². The van der Waals surface area contributed by atoms with E-state index < -0.39 is 0 Å². The molecule has 2 N–H and O–H groups in total. The summed E-state index contributed by atoms with van der Waals surface area (Å²) >= 11 is 0. The van der Waals surface area contributed by atoms with E-state index in [2.05, 4.69) is 63.8 Å². The Morgan fingerprint density at radius 1 is 1.03 bits per heavy atom. The van der Waals surface area contributed by atoms with Crippen LogP contribution in [-0.4, -0.2) is 70.2 Å². The van der Waals surface area contributed by atoms with Crippen LogP contribution in [0, 0.1) is 6.92 Å². The summed E-state index contributed by atoms with van der Waals surface area (Å²) in [6, 6.07) is 16.6. The molecule has 0 bridgehead atoms. The topological polar surface area (TPSA) is 69.2 Å². The number of nitrogens with zero attached hydrogens (tertiary/aromatic N) is 3. The Labute approximate surface area is 214 Å². The zero-order valence-corrected chi connectivity index (χ0v) is 22.2. The summed E-state index contributed by atoms with van der Waals surface area (Å²) in [5, 5.41) is 6.57. The lowest BCUT2D eigenvalue weighted by Gasteiger charge is -2.36. The number of rotatable bonds is 8. The van der Waals surface area contributed by atoms with E-state index in [0.717, 1.165) is 44.9 Å². The molecule has 1 fully saturated rings. The van der Waals surface area contributed by atoms with Gasteiger partial charge in [-0.15, -0.1) is 24.0 Å². The van der Waals surface area contributed by atoms with Crippen LogP contribution >= 0.6 is 24.0 Å². The minimum atomic E-state index is 0. The number of nitrogens with one attached hydrogen (secondary N) is 2. The lowest BCUT2D eigenvalue weighted by molar-refractivity contribution is -0.131. The van der Waals surface area contributed by atoms with Gasteiger partial charge in [0.25, 0.3) is 0 Å². The Hall–Kier alpha value is -2.49. The molecule has 1 aliphatic heterocycles. The third-order valence-electron chi connectivity index (χ3n) is 5.73. The summed E-state index contributed by atoms with van der Waals surface area (Å²) in [6.45, 7) is 6.64. The molecule has 7 nitrogen and oxygen atoms in total. The number of anilines is 1. The molecule has 0 saturated carbocycles. The molecule has 1 amide bonds. The van der Waals surface area contributed by atoms with Crippen molar-refractivity contribution >= 4 is 41.5 Å². The molecule has 2 aromatic rings. The van der Waals surface area contributed by atoms with Crippen molar-refractivity contribution < 1.29 is 9.53 Å². The Morgan fingerprint density at radius 2 is 1.73 bits per heavy atom. The molecule has 1 aliphatic rings. The van der Waals surface area contributed by atoms with Gasteiger partial charge in [0.2, 0.25) is 5.91 Å². The van der Waals surface area contributed by atoms with Crippen molar-refractivity contribution in [2.24, 2.45) is 4.99 Å². The number of hydrogen-bond acceptors (Lipinski definition) is 4. The first-order valence-electron chi connectivity index (χ1n) is 11.3. The van der Waals surface area contributed by atoms with Gasteiger partial charge in [-0.25, -0.2) is 0 Å². The molecule has 8 heteroatoms. The molecule has 3 rings (SSSR count). The van der Waals surface area contributed by atoms with Crippen LogP contribution in [-0.2, 0) is 11.2 Å². The summed E-state index contributed by atoms with van der Waals surface area (Å²) in [5.41, 5.74) is 3.60. The Morgan fingerprint density at radius 3 is 2.39 bits per heavy atom. The van der Waals surface area contributed by atoms with Crippen LogP contribution in [0.15, 0.2) is 53.5 Å². The van der Waals surface area contributed by atoms with Crippen molar-refractivity contribution in [1.82, 2.24) is 15.5 Å². The minimum absolute atomic E-state index is 0. The van der Waals surface area contributed by atoms with Crippen molar-refractivity contribution in [3.8, 4) is 5.75 Å². The maximum Gasteiger partial charge on any atom is 0.224 e. The van der Waals surface area contributed by atoms with Gasteiger partial charge in [0, 0.05) is 58.4 Å². The van der Waals surface area contributed by atoms with E-state index in [1.165, 1.54) is 16.8 Å². The fourth-order valence-corrected chi connectivity index (χ4v) is 3.94. The number of ether oxygens (including phenoxy) is 1. The zero-order chi connectivity index (χ0) is 22.8. The predicted molar refractivity (Wildman–Crippen MR) is 146 cm³/mol. The highest BCUT2D eigenvalue weighted by Gasteiger charge is 2.20. The first-order chi connectivity index (χ1) is 15.6. The number of carbonyl (C=O) groups is 1. The lowest BCUT2D eigenvalue weighted by Crippen LogP contribution is -2.49. The van der Waals surface area contributed by atoms with E-state index in [4.69, 9.17) is 4.74 Å². The van der Waals surface area contributed by atoms with E-state index in [1.54, 1.807) is 14.2 Å². The monoisotopic (exact) mass is 565 g/mol. The van der Waals surface area contributed by atoms with E-state index in [1.807, 2.05) is 17.0 Å². The number of guanidine groups is 1. The first-order valence-corrected chi connectivity index (χ1v) is 11.3. The quantitative estimate of drug-likeness (QED) is 0.293. The highest BCUT2D eigenvalue weighted by Crippen LogP contribution is 2.19. The normalized spacial score (nSPS) is 13.8. The molecule has 2 aromatic carbocycles. The largest absolute Gasteiger partial charge is 0.496 e. The summed E-state index contributed by atoms with van der Waals surface area (Å²) < 4.78 is 5.45. The number of aliphatic imine (C=N–C) groups is 1. The molecule has 1 heterocycles. The van der Waals surface area contributed by atoms with Gasteiger partial charge in [0.05, 0.1) is 7.11 Å². The number of benzene rings is 2. The molecular formula is C25H36IN5O2. The average Bonchev–Trinajstić information content (AvgIpc) is 2.83. The molecule has 0 aliphatic carbocycles. The van der Waals surface area contributed by atoms with Crippen molar-refractivity contribution in [1.29, 1.82) is 0 Å². The third kappa shape index (κ3) is 8.10. The van der Waals surface area contributed by atoms with Crippen molar-refractivity contribution in [2.45, 2.75) is 19.8 Å². The molecular weight excluding hydrogens is 529 g/mol. The first kappa shape index (κ1) is 26.8. The van der Waals surface area contributed by atoms with Gasteiger partial charge in [-0.05, 0) is 37.1 Å². The van der Waals surface area contributed by atoms with Gasteiger partial charge in [0.15, 0.2) is 5.96 Å². The number of carbonyl (C=O) groups excluding carboxylic acids is 1.